The molecule has 6 nitrogen and oxygen atoms in total. The molecule has 7 heteroatoms. The summed E-state index contributed by atoms with van der Waals surface area (Å²) in [5.74, 6) is -0.312. The number of aryl methyl sites for hydroxylation is 1. The summed E-state index contributed by atoms with van der Waals surface area (Å²) in [5, 5.41) is 14.7. The van der Waals surface area contributed by atoms with Crippen LogP contribution in [0.15, 0.2) is 24.3 Å². The van der Waals surface area contributed by atoms with Crippen LogP contribution in [0.2, 0.25) is 0 Å². The minimum atomic E-state index is -0.892. The fourth-order valence-corrected chi connectivity index (χ4v) is 3.16. The van der Waals surface area contributed by atoms with Gasteiger partial charge < -0.3 is 10.0 Å². The maximum absolute atomic E-state index is 13.4. The van der Waals surface area contributed by atoms with E-state index in [1.807, 2.05) is 22.9 Å². The molecule has 1 amide bonds. The van der Waals surface area contributed by atoms with Crippen molar-refractivity contribution in [3.8, 4) is 0 Å². The Hall–Kier alpha value is -2.25. The van der Waals surface area contributed by atoms with E-state index in [1.165, 1.54) is 11.0 Å². The van der Waals surface area contributed by atoms with Crippen LogP contribution in [-0.2, 0) is 24.4 Å². The van der Waals surface area contributed by atoms with Crippen LogP contribution >= 0.6 is 0 Å². The first-order valence-corrected chi connectivity index (χ1v) is 8.75. The fraction of sp³-hybridized carbons (Fsp3) is 0.474. The predicted octanol–water partition coefficient (Wildman–Crippen LogP) is 1.86. The van der Waals surface area contributed by atoms with Crippen molar-refractivity contribution in [2.45, 2.75) is 39.1 Å². The zero-order chi connectivity index (χ0) is 18.8. The molecule has 0 radical (unpaired) electrons. The molecule has 1 aliphatic rings. The number of hydrogen-bond donors (Lipinski definition) is 1. The SMILES string of the molecule is Cc1cc(CN2CCn3nc([C@@H](O)CC(=O)N(C)C)cc3C2)ccc1F. The number of aliphatic hydroxyl groups excluding tert-OH is 1. The summed E-state index contributed by atoms with van der Waals surface area (Å²) in [6.07, 6.45) is -0.863. The number of carbonyl (C=O) groups is 1. The second kappa shape index (κ2) is 7.55. The summed E-state index contributed by atoms with van der Waals surface area (Å²) in [7, 11) is 3.34. The lowest BCUT2D eigenvalue weighted by atomic mass is 10.1. The summed E-state index contributed by atoms with van der Waals surface area (Å²) >= 11 is 0. The molecule has 140 valence electrons. The predicted molar refractivity (Wildman–Crippen MR) is 95.7 cm³/mol. The topological polar surface area (TPSA) is 61.6 Å². The molecule has 1 N–H and O–H groups in total. The van der Waals surface area contributed by atoms with Crippen LogP contribution in [0.25, 0.3) is 0 Å². The van der Waals surface area contributed by atoms with Crippen LogP contribution in [-0.4, -0.2) is 51.2 Å². The molecule has 0 bridgehead atoms. The molecule has 0 saturated heterocycles. The third kappa shape index (κ3) is 4.11. The van der Waals surface area contributed by atoms with Crippen molar-refractivity contribution in [1.82, 2.24) is 19.6 Å². The van der Waals surface area contributed by atoms with Crippen molar-refractivity contribution in [1.29, 1.82) is 0 Å². The fourth-order valence-electron chi connectivity index (χ4n) is 3.16. The number of rotatable bonds is 5. The van der Waals surface area contributed by atoms with Gasteiger partial charge >= 0.3 is 0 Å². The van der Waals surface area contributed by atoms with Crippen molar-refractivity contribution in [2.75, 3.05) is 20.6 Å². The third-order valence-electron chi connectivity index (χ3n) is 4.73. The van der Waals surface area contributed by atoms with Crippen molar-refractivity contribution in [3.05, 3.63) is 52.6 Å². The maximum atomic E-state index is 13.4. The molecule has 1 aromatic carbocycles. The molecule has 3 rings (SSSR count). The van der Waals surface area contributed by atoms with E-state index in [4.69, 9.17) is 0 Å². The van der Waals surface area contributed by atoms with Gasteiger partial charge in [0.1, 0.15) is 11.9 Å². The first-order chi connectivity index (χ1) is 12.3. The zero-order valence-electron chi connectivity index (χ0n) is 15.4. The molecule has 0 aliphatic carbocycles. The van der Waals surface area contributed by atoms with Crippen LogP contribution < -0.4 is 0 Å². The van der Waals surface area contributed by atoms with E-state index in [0.29, 0.717) is 17.8 Å². The maximum Gasteiger partial charge on any atom is 0.225 e. The quantitative estimate of drug-likeness (QED) is 0.884. The Morgan fingerprint density at radius 2 is 2.12 bits per heavy atom. The lowest BCUT2D eigenvalue weighted by Crippen LogP contribution is -2.33. The Labute approximate surface area is 152 Å². The third-order valence-corrected chi connectivity index (χ3v) is 4.73. The number of fused-ring (bicyclic) bond motifs is 1. The highest BCUT2D eigenvalue weighted by Crippen LogP contribution is 2.22. The Bertz CT molecular complexity index is 803. The second-order valence-corrected chi connectivity index (χ2v) is 7.09. The average molecular weight is 360 g/mol. The minimum Gasteiger partial charge on any atom is -0.386 e. The average Bonchev–Trinajstić information content (AvgIpc) is 3.01. The molecule has 26 heavy (non-hydrogen) atoms. The van der Waals surface area contributed by atoms with Crippen molar-refractivity contribution in [2.24, 2.45) is 0 Å². The highest BCUT2D eigenvalue weighted by molar-refractivity contribution is 5.76. The van der Waals surface area contributed by atoms with E-state index in [0.717, 1.165) is 30.9 Å². The zero-order valence-corrected chi connectivity index (χ0v) is 15.4. The summed E-state index contributed by atoms with van der Waals surface area (Å²) in [6, 6.07) is 7.07. The summed E-state index contributed by atoms with van der Waals surface area (Å²) in [4.78, 5) is 15.5. The van der Waals surface area contributed by atoms with Gasteiger partial charge in [0.25, 0.3) is 0 Å². The van der Waals surface area contributed by atoms with Gasteiger partial charge in [0.15, 0.2) is 0 Å². The Balaban J connectivity index is 1.66. The highest BCUT2D eigenvalue weighted by atomic mass is 19.1. The molecule has 1 atom stereocenters. The van der Waals surface area contributed by atoms with Gasteiger partial charge in [-0.05, 0) is 30.2 Å². The van der Waals surface area contributed by atoms with E-state index >= 15 is 0 Å². The van der Waals surface area contributed by atoms with Crippen molar-refractivity contribution < 1.29 is 14.3 Å². The molecule has 2 aromatic rings. The van der Waals surface area contributed by atoms with Crippen molar-refractivity contribution in [3.63, 3.8) is 0 Å². The highest BCUT2D eigenvalue weighted by Gasteiger charge is 2.23. The summed E-state index contributed by atoms with van der Waals surface area (Å²) in [5.41, 5.74) is 3.28. The lowest BCUT2D eigenvalue weighted by Gasteiger charge is -2.27. The van der Waals surface area contributed by atoms with E-state index in [-0.39, 0.29) is 18.1 Å². The van der Waals surface area contributed by atoms with E-state index in [9.17, 15) is 14.3 Å². The minimum absolute atomic E-state index is 0.0298. The second-order valence-electron chi connectivity index (χ2n) is 7.09. The lowest BCUT2D eigenvalue weighted by molar-refractivity contribution is -0.130. The Morgan fingerprint density at radius 3 is 2.81 bits per heavy atom. The first-order valence-electron chi connectivity index (χ1n) is 8.75. The number of hydrogen-bond acceptors (Lipinski definition) is 4. The number of benzene rings is 1. The summed E-state index contributed by atoms with van der Waals surface area (Å²) < 4.78 is 15.3. The van der Waals surface area contributed by atoms with Crippen LogP contribution in [0, 0.1) is 12.7 Å². The standard InChI is InChI=1S/C19H25FN4O2/c1-13-8-14(4-5-16(13)20)11-23-6-7-24-15(12-23)9-17(21-24)18(25)10-19(26)22(2)3/h4-5,8-9,18,25H,6-7,10-12H2,1-3H3/t18-/m0/s1. The normalized spacial score (nSPS) is 15.6. The van der Waals surface area contributed by atoms with Gasteiger partial charge in [-0.2, -0.15) is 5.10 Å². The van der Waals surface area contributed by atoms with Gasteiger partial charge in [-0.15, -0.1) is 0 Å². The summed E-state index contributed by atoms with van der Waals surface area (Å²) in [6.45, 7) is 4.77. The molecule has 0 saturated carbocycles. The van der Waals surface area contributed by atoms with Crippen LogP contribution in [0.4, 0.5) is 4.39 Å². The molecular formula is C19H25FN4O2. The molecule has 0 fully saturated rings. The van der Waals surface area contributed by atoms with Gasteiger partial charge in [-0.3, -0.25) is 14.4 Å². The van der Waals surface area contributed by atoms with Crippen molar-refractivity contribution >= 4 is 5.91 Å². The number of amides is 1. The molecule has 0 spiro atoms. The number of aromatic nitrogens is 2. The monoisotopic (exact) mass is 360 g/mol. The van der Waals surface area contributed by atoms with Crippen LogP contribution in [0.5, 0.6) is 0 Å². The largest absolute Gasteiger partial charge is 0.386 e. The van der Waals surface area contributed by atoms with Gasteiger partial charge in [0.2, 0.25) is 5.91 Å². The Kier molecular flexibility index (Phi) is 5.38. The number of carbonyl (C=O) groups excluding carboxylic acids is 1. The number of halogens is 1. The van der Waals surface area contributed by atoms with Gasteiger partial charge in [-0.25, -0.2) is 4.39 Å². The Morgan fingerprint density at radius 1 is 1.35 bits per heavy atom. The smallest absolute Gasteiger partial charge is 0.225 e. The van der Waals surface area contributed by atoms with E-state index in [1.54, 1.807) is 21.0 Å². The van der Waals surface area contributed by atoms with Crippen LogP contribution in [0.3, 0.4) is 0 Å². The van der Waals surface area contributed by atoms with Gasteiger partial charge in [0.05, 0.1) is 24.4 Å². The number of aliphatic hydroxyl groups is 1. The van der Waals surface area contributed by atoms with Gasteiger partial charge in [-0.1, -0.05) is 12.1 Å². The molecule has 1 aliphatic heterocycles. The van der Waals surface area contributed by atoms with Crippen LogP contribution in [0.1, 0.15) is 35.0 Å². The van der Waals surface area contributed by atoms with Gasteiger partial charge in [0, 0.05) is 33.7 Å². The molecule has 1 aromatic heterocycles. The molecule has 0 unspecified atom stereocenters. The van der Waals surface area contributed by atoms with E-state index < -0.39 is 6.10 Å². The van der Waals surface area contributed by atoms with E-state index in [2.05, 4.69) is 10.00 Å². The number of nitrogens with zero attached hydrogens (tertiary/aromatic N) is 4. The molecule has 2 heterocycles. The molecular weight excluding hydrogens is 335 g/mol. The first kappa shape index (κ1) is 18.5.